The Bertz CT molecular complexity index is 484. The third-order valence-electron chi connectivity index (χ3n) is 4.04. The molecule has 0 radical (unpaired) electrons. The molecule has 1 aromatic rings. The molecule has 108 valence electrons. The molecule has 1 saturated carbocycles. The fraction of sp³-hybridized carbons (Fsp3) is 0.600. The molecule has 5 heteroatoms. The van der Waals surface area contributed by atoms with Gasteiger partial charge in [-0.1, -0.05) is 19.3 Å². The van der Waals surface area contributed by atoms with Crippen LogP contribution >= 0.6 is 0 Å². The maximum Gasteiger partial charge on any atom is 0.253 e. The molecule has 1 heterocycles. The highest BCUT2D eigenvalue weighted by Crippen LogP contribution is 2.27. The molecule has 1 aromatic heterocycles. The third kappa shape index (κ3) is 3.61. The number of nitrogens with zero attached hydrogens (tertiary/aromatic N) is 1. The number of aromatic nitrogens is 1. The standard InChI is InChI=1S/C15H21N3O2/c16-9-13-8-12(10-17-13)15(20)18-14(6-7-19)11-4-2-1-3-5-11/h8,10-11,14,17,19H,1-7H2,(H,18,20). The van der Waals surface area contributed by atoms with Crippen LogP contribution in [0, 0.1) is 17.2 Å². The summed E-state index contributed by atoms with van der Waals surface area (Å²) in [5.41, 5.74) is 0.854. The average molecular weight is 275 g/mol. The molecule has 1 atom stereocenters. The molecule has 1 fully saturated rings. The van der Waals surface area contributed by atoms with Gasteiger partial charge < -0.3 is 15.4 Å². The van der Waals surface area contributed by atoms with E-state index in [2.05, 4.69) is 10.3 Å². The van der Waals surface area contributed by atoms with Crippen LogP contribution in [0.1, 0.15) is 54.6 Å². The Morgan fingerprint density at radius 2 is 2.25 bits per heavy atom. The lowest BCUT2D eigenvalue weighted by Gasteiger charge is -2.30. The molecule has 20 heavy (non-hydrogen) atoms. The van der Waals surface area contributed by atoms with Crippen molar-refractivity contribution in [3.63, 3.8) is 0 Å². The van der Waals surface area contributed by atoms with Crippen molar-refractivity contribution in [3.8, 4) is 6.07 Å². The minimum absolute atomic E-state index is 0.0215. The SMILES string of the molecule is N#Cc1cc(C(=O)NC(CCO)C2CCCCC2)c[nH]1. The van der Waals surface area contributed by atoms with Crippen LogP contribution in [0.5, 0.6) is 0 Å². The van der Waals surface area contributed by atoms with Gasteiger partial charge in [0.1, 0.15) is 11.8 Å². The zero-order valence-electron chi connectivity index (χ0n) is 11.6. The van der Waals surface area contributed by atoms with Crippen molar-refractivity contribution in [2.24, 2.45) is 5.92 Å². The molecule has 5 nitrogen and oxygen atoms in total. The van der Waals surface area contributed by atoms with Gasteiger partial charge in [0.25, 0.3) is 5.91 Å². The van der Waals surface area contributed by atoms with E-state index >= 15 is 0 Å². The lowest BCUT2D eigenvalue weighted by molar-refractivity contribution is 0.0900. The Balaban J connectivity index is 1.99. The molecule has 0 bridgehead atoms. The fourth-order valence-corrected chi connectivity index (χ4v) is 2.94. The Hall–Kier alpha value is -1.80. The summed E-state index contributed by atoms with van der Waals surface area (Å²) < 4.78 is 0. The molecular weight excluding hydrogens is 254 g/mol. The summed E-state index contributed by atoms with van der Waals surface area (Å²) in [5.74, 6) is 0.279. The minimum Gasteiger partial charge on any atom is -0.396 e. The van der Waals surface area contributed by atoms with E-state index in [1.54, 1.807) is 12.3 Å². The van der Waals surface area contributed by atoms with E-state index in [9.17, 15) is 9.90 Å². The number of rotatable bonds is 5. The molecule has 0 aliphatic heterocycles. The van der Waals surface area contributed by atoms with E-state index < -0.39 is 0 Å². The van der Waals surface area contributed by atoms with Crippen molar-refractivity contribution < 1.29 is 9.90 Å². The van der Waals surface area contributed by atoms with Crippen LogP contribution in [0.25, 0.3) is 0 Å². The van der Waals surface area contributed by atoms with Crippen molar-refractivity contribution in [2.45, 2.75) is 44.6 Å². The van der Waals surface area contributed by atoms with Gasteiger partial charge in [0.15, 0.2) is 0 Å². The van der Waals surface area contributed by atoms with E-state index in [0.29, 0.717) is 23.6 Å². The molecule has 1 aliphatic rings. The summed E-state index contributed by atoms with van der Waals surface area (Å²) in [7, 11) is 0. The van der Waals surface area contributed by atoms with Gasteiger partial charge in [-0.3, -0.25) is 4.79 Å². The number of carbonyl (C=O) groups is 1. The normalized spacial score (nSPS) is 17.4. The number of carbonyl (C=O) groups excluding carboxylic acids is 1. The summed E-state index contributed by atoms with van der Waals surface area (Å²) in [6, 6.07) is 3.54. The zero-order chi connectivity index (χ0) is 14.4. The van der Waals surface area contributed by atoms with E-state index in [1.807, 2.05) is 6.07 Å². The largest absolute Gasteiger partial charge is 0.396 e. The first-order valence-electron chi connectivity index (χ1n) is 7.25. The maximum atomic E-state index is 12.2. The van der Waals surface area contributed by atoms with E-state index in [0.717, 1.165) is 12.8 Å². The van der Waals surface area contributed by atoms with Crippen molar-refractivity contribution in [1.82, 2.24) is 10.3 Å². The second-order valence-corrected chi connectivity index (χ2v) is 5.40. The van der Waals surface area contributed by atoms with Gasteiger partial charge in [-0.25, -0.2) is 0 Å². The van der Waals surface area contributed by atoms with E-state index in [-0.39, 0.29) is 18.6 Å². The van der Waals surface area contributed by atoms with Crippen molar-refractivity contribution in [3.05, 3.63) is 23.5 Å². The molecule has 0 aromatic carbocycles. The Kier molecular flexibility index (Phi) is 5.19. The Morgan fingerprint density at radius 3 is 2.85 bits per heavy atom. The summed E-state index contributed by atoms with van der Waals surface area (Å²) in [4.78, 5) is 14.9. The predicted octanol–water partition coefficient (Wildman–Crippen LogP) is 1.95. The Morgan fingerprint density at radius 1 is 1.50 bits per heavy atom. The monoisotopic (exact) mass is 275 g/mol. The van der Waals surface area contributed by atoms with Crippen LogP contribution in [0.15, 0.2) is 12.3 Å². The summed E-state index contributed by atoms with van der Waals surface area (Å²) >= 11 is 0. The number of aromatic amines is 1. The van der Waals surface area contributed by atoms with E-state index in [1.165, 1.54) is 19.3 Å². The highest BCUT2D eigenvalue weighted by molar-refractivity contribution is 5.94. The van der Waals surface area contributed by atoms with Gasteiger partial charge in [-0.2, -0.15) is 5.26 Å². The van der Waals surface area contributed by atoms with Gasteiger partial charge >= 0.3 is 0 Å². The minimum atomic E-state index is -0.174. The number of amides is 1. The molecule has 0 saturated heterocycles. The highest BCUT2D eigenvalue weighted by Gasteiger charge is 2.25. The summed E-state index contributed by atoms with van der Waals surface area (Å²) in [6.45, 7) is 0.0814. The highest BCUT2D eigenvalue weighted by atomic mass is 16.3. The van der Waals surface area contributed by atoms with Crippen LogP contribution in [-0.2, 0) is 0 Å². The van der Waals surface area contributed by atoms with Crippen molar-refractivity contribution >= 4 is 5.91 Å². The molecule has 1 unspecified atom stereocenters. The summed E-state index contributed by atoms with van der Waals surface area (Å²) in [5, 5.41) is 21.0. The number of nitrogens with one attached hydrogen (secondary N) is 2. The molecule has 1 amide bonds. The van der Waals surface area contributed by atoms with Crippen molar-refractivity contribution in [2.75, 3.05) is 6.61 Å². The van der Waals surface area contributed by atoms with Gasteiger partial charge in [-0.15, -0.1) is 0 Å². The zero-order valence-corrected chi connectivity index (χ0v) is 11.6. The lowest BCUT2D eigenvalue weighted by atomic mass is 9.82. The molecular formula is C15H21N3O2. The molecule has 2 rings (SSSR count). The molecule has 0 spiro atoms. The number of hydrogen-bond acceptors (Lipinski definition) is 3. The number of nitriles is 1. The summed E-state index contributed by atoms with van der Waals surface area (Å²) in [6.07, 6.45) is 8.02. The van der Waals surface area contributed by atoms with Crippen LogP contribution in [0.2, 0.25) is 0 Å². The van der Waals surface area contributed by atoms with Gasteiger partial charge in [-0.05, 0) is 31.2 Å². The Labute approximate surface area is 119 Å². The average Bonchev–Trinajstić information content (AvgIpc) is 2.97. The number of hydrogen-bond donors (Lipinski definition) is 3. The first-order valence-corrected chi connectivity index (χ1v) is 7.25. The predicted molar refractivity (Wildman–Crippen MR) is 75.0 cm³/mol. The van der Waals surface area contributed by atoms with Gasteiger partial charge in [0.05, 0.1) is 5.56 Å². The number of aliphatic hydroxyl groups is 1. The van der Waals surface area contributed by atoms with E-state index in [4.69, 9.17) is 5.26 Å². The molecule has 1 aliphatic carbocycles. The molecule has 3 N–H and O–H groups in total. The number of H-pyrrole nitrogens is 1. The smallest absolute Gasteiger partial charge is 0.253 e. The van der Waals surface area contributed by atoms with Crippen LogP contribution in [0.4, 0.5) is 0 Å². The maximum absolute atomic E-state index is 12.2. The first kappa shape index (κ1) is 14.6. The fourth-order valence-electron chi connectivity index (χ4n) is 2.94. The quantitative estimate of drug-likeness (QED) is 0.767. The number of aliphatic hydroxyl groups excluding tert-OH is 1. The first-order chi connectivity index (χ1) is 9.74. The van der Waals surface area contributed by atoms with Crippen LogP contribution in [0.3, 0.4) is 0 Å². The second-order valence-electron chi connectivity index (χ2n) is 5.40. The third-order valence-corrected chi connectivity index (χ3v) is 4.04. The van der Waals surface area contributed by atoms with Crippen LogP contribution < -0.4 is 5.32 Å². The topological polar surface area (TPSA) is 88.9 Å². The van der Waals surface area contributed by atoms with Crippen molar-refractivity contribution in [1.29, 1.82) is 5.26 Å². The van der Waals surface area contributed by atoms with Gasteiger partial charge in [0.2, 0.25) is 0 Å². The lowest BCUT2D eigenvalue weighted by Crippen LogP contribution is -2.41. The van der Waals surface area contributed by atoms with Crippen LogP contribution in [-0.4, -0.2) is 28.6 Å². The van der Waals surface area contributed by atoms with Gasteiger partial charge in [0, 0.05) is 18.8 Å². The second kappa shape index (κ2) is 7.11.